The van der Waals surface area contributed by atoms with Crippen molar-refractivity contribution >= 4 is 22.8 Å². The second kappa shape index (κ2) is 7.83. The molecule has 2 amide bonds. The van der Waals surface area contributed by atoms with Gasteiger partial charge in [0.15, 0.2) is 17.1 Å². The fourth-order valence-corrected chi connectivity index (χ4v) is 3.49. The van der Waals surface area contributed by atoms with Crippen LogP contribution in [0.15, 0.2) is 36.5 Å². The molecule has 0 saturated heterocycles. The van der Waals surface area contributed by atoms with Crippen LogP contribution in [-0.2, 0) is 13.0 Å². The average molecular weight is 394 g/mol. The van der Waals surface area contributed by atoms with Crippen molar-refractivity contribution in [2.45, 2.75) is 13.0 Å². The quantitative estimate of drug-likeness (QED) is 0.731. The number of aromatic nitrogens is 2. The van der Waals surface area contributed by atoms with E-state index in [-0.39, 0.29) is 6.03 Å². The molecule has 0 radical (unpaired) electrons. The van der Waals surface area contributed by atoms with Gasteiger partial charge in [-0.15, -0.1) is 0 Å². The Morgan fingerprint density at radius 1 is 1.10 bits per heavy atom. The smallest absolute Gasteiger partial charge is 0.322 e. The van der Waals surface area contributed by atoms with Crippen molar-refractivity contribution in [3.63, 3.8) is 0 Å². The van der Waals surface area contributed by atoms with E-state index in [2.05, 4.69) is 21.4 Å². The molecule has 0 spiro atoms. The molecule has 3 heterocycles. The predicted molar refractivity (Wildman–Crippen MR) is 109 cm³/mol. The molecule has 1 aliphatic heterocycles. The second-order valence-corrected chi connectivity index (χ2v) is 6.66. The minimum absolute atomic E-state index is 0.198. The number of methoxy groups -OCH3 is 3. The van der Waals surface area contributed by atoms with Crippen molar-refractivity contribution in [3.8, 4) is 17.2 Å². The number of nitrogens with one attached hydrogen (secondary N) is 1. The third-order valence-electron chi connectivity index (χ3n) is 4.94. The van der Waals surface area contributed by atoms with E-state index in [9.17, 15) is 4.79 Å². The number of benzene rings is 1. The molecule has 150 valence electrons. The lowest BCUT2D eigenvalue weighted by Crippen LogP contribution is -2.39. The fraction of sp³-hybridized carbons (Fsp3) is 0.286. The summed E-state index contributed by atoms with van der Waals surface area (Å²) in [6.45, 7) is 1.07. The summed E-state index contributed by atoms with van der Waals surface area (Å²) in [6, 6.07) is 9.13. The lowest BCUT2D eigenvalue weighted by molar-refractivity contribution is 0.206. The second-order valence-electron chi connectivity index (χ2n) is 6.66. The van der Waals surface area contributed by atoms with Crippen molar-refractivity contribution in [1.29, 1.82) is 0 Å². The van der Waals surface area contributed by atoms with Crippen LogP contribution >= 0.6 is 0 Å². The first-order valence-electron chi connectivity index (χ1n) is 9.22. The van der Waals surface area contributed by atoms with Crippen LogP contribution in [0.4, 0.5) is 10.5 Å². The maximum Gasteiger partial charge on any atom is 0.322 e. The molecule has 29 heavy (non-hydrogen) atoms. The number of pyridine rings is 2. The zero-order valence-electron chi connectivity index (χ0n) is 16.6. The first kappa shape index (κ1) is 18.8. The van der Waals surface area contributed by atoms with Gasteiger partial charge in [0.25, 0.3) is 0 Å². The third-order valence-corrected chi connectivity index (χ3v) is 4.94. The van der Waals surface area contributed by atoms with E-state index in [4.69, 9.17) is 14.2 Å². The Balaban J connectivity index is 1.55. The summed E-state index contributed by atoms with van der Waals surface area (Å²) in [6.07, 6.45) is 2.42. The first-order valence-corrected chi connectivity index (χ1v) is 9.22. The van der Waals surface area contributed by atoms with Crippen molar-refractivity contribution in [2.24, 2.45) is 0 Å². The highest BCUT2D eigenvalue weighted by atomic mass is 16.5. The number of rotatable bonds is 4. The molecule has 3 aromatic rings. The van der Waals surface area contributed by atoms with E-state index in [1.807, 2.05) is 12.1 Å². The summed E-state index contributed by atoms with van der Waals surface area (Å²) in [5.41, 5.74) is 3.34. The molecule has 1 N–H and O–H groups in total. The Morgan fingerprint density at radius 3 is 2.55 bits per heavy atom. The highest BCUT2D eigenvalue weighted by molar-refractivity contribution is 5.90. The van der Waals surface area contributed by atoms with E-state index in [0.29, 0.717) is 42.4 Å². The van der Waals surface area contributed by atoms with Gasteiger partial charge in [-0.05, 0) is 23.8 Å². The molecule has 4 rings (SSSR count). The number of hydrogen-bond acceptors (Lipinski definition) is 6. The lowest BCUT2D eigenvalue weighted by Gasteiger charge is -2.28. The van der Waals surface area contributed by atoms with Gasteiger partial charge in [0.2, 0.25) is 5.75 Å². The number of amides is 2. The Labute approximate surface area is 168 Å². The molecule has 0 fully saturated rings. The molecule has 8 heteroatoms. The SMILES string of the molecule is COc1cc(NC(=O)N2CCc3nc4ncccc4cc3C2)cc(OC)c1OC. The number of ether oxygens (including phenoxy) is 3. The molecule has 0 unspecified atom stereocenters. The molecule has 0 atom stereocenters. The fourth-order valence-electron chi connectivity index (χ4n) is 3.49. The maximum atomic E-state index is 12.9. The van der Waals surface area contributed by atoms with Gasteiger partial charge in [-0.2, -0.15) is 0 Å². The van der Waals surface area contributed by atoms with Crippen LogP contribution in [0, 0.1) is 0 Å². The van der Waals surface area contributed by atoms with Gasteiger partial charge < -0.3 is 24.4 Å². The first-order chi connectivity index (χ1) is 14.1. The Kier molecular flexibility index (Phi) is 5.07. The van der Waals surface area contributed by atoms with Crippen LogP contribution in [0.1, 0.15) is 11.3 Å². The minimum Gasteiger partial charge on any atom is -0.493 e. The predicted octanol–water partition coefficient (Wildman–Crippen LogP) is 3.25. The van der Waals surface area contributed by atoms with Crippen molar-refractivity contribution in [1.82, 2.24) is 14.9 Å². The van der Waals surface area contributed by atoms with E-state index >= 15 is 0 Å². The van der Waals surface area contributed by atoms with Gasteiger partial charge in [0.1, 0.15) is 0 Å². The number of anilines is 1. The van der Waals surface area contributed by atoms with Gasteiger partial charge in [-0.25, -0.2) is 14.8 Å². The largest absolute Gasteiger partial charge is 0.493 e. The van der Waals surface area contributed by atoms with Crippen molar-refractivity contribution < 1.29 is 19.0 Å². The third kappa shape index (κ3) is 3.61. The lowest BCUT2D eigenvalue weighted by atomic mass is 10.0. The number of urea groups is 1. The molecular formula is C21H22N4O4. The van der Waals surface area contributed by atoms with Gasteiger partial charge in [0, 0.05) is 48.9 Å². The van der Waals surface area contributed by atoms with Gasteiger partial charge in [-0.1, -0.05) is 0 Å². The molecule has 8 nitrogen and oxygen atoms in total. The summed E-state index contributed by atoms with van der Waals surface area (Å²) < 4.78 is 16.0. The monoisotopic (exact) mass is 394 g/mol. The Morgan fingerprint density at radius 2 is 1.86 bits per heavy atom. The number of carbonyl (C=O) groups is 1. The van der Waals surface area contributed by atoms with E-state index in [1.54, 1.807) is 23.2 Å². The van der Waals surface area contributed by atoms with E-state index < -0.39 is 0 Å². The van der Waals surface area contributed by atoms with Gasteiger partial charge in [-0.3, -0.25) is 0 Å². The minimum atomic E-state index is -0.198. The van der Waals surface area contributed by atoms with Crippen LogP contribution in [0.5, 0.6) is 17.2 Å². The zero-order valence-corrected chi connectivity index (χ0v) is 16.6. The number of hydrogen-bond donors (Lipinski definition) is 1. The highest BCUT2D eigenvalue weighted by Crippen LogP contribution is 2.40. The van der Waals surface area contributed by atoms with Gasteiger partial charge >= 0.3 is 6.03 Å². The van der Waals surface area contributed by atoms with Crippen LogP contribution in [0.25, 0.3) is 11.0 Å². The standard InChI is InChI=1S/C21H22N4O4/c1-27-17-10-15(11-18(28-2)19(17)29-3)23-21(26)25-8-6-16-14(12-25)9-13-5-4-7-22-20(13)24-16/h4-5,7,9-11H,6,8,12H2,1-3H3,(H,23,26). The van der Waals surface area contributed by atoms with Gasteiger partial charge in [0.05, 0.1) is 27.0 Å². The van der Waals surface area contributed by atoms with Crippen LogP contribution in [-0.4, -0.2) is 48.8 Å². The Bertz CT molecular complexity index is 1040. The summed E-state index contributed by atoms with van der Waals surface area (Å²) in [5.74, 6) is 1.44. The van der Waals surface area contributed by atoms with Crippen LogP contribution in [0.3, 0.4) is 0 Å². The molecule has 1 aromatic carbocycles. The number of carbonyl (C=O) groups excluding carboxylic acids is 1. The summed E-state index contributed by atoms with van der Waals surface area (Å²) in [4.78, 5) is 23.6. The van der Waals surface area contributed by atoms with Crippen LogP contribution < -0.4 is 19.5 Å². The molecule has 0 bridgehead atoms. The molecule has 1 aliphatic rings. The molecule has 0 aliphatic carbocycles. The average Bonchev–Trinajstić information content (AvgIpc) is 2.76. The van der Waals surface area contributed by atoms with Crippen LogP contribution in [0.2, 0.25) is 0 Å². The van der Waals surface area contributed by atoms with E-state index in [1.165, 1.54) is 21.3 Å². The summed E-state index contributed by atoms with van der Waals surface area (Å²) >= 11 is 0. The van der Waals surface area contributed by atoms with E-state index in [0.717, 1.165) is 22.3 Å². The summed E-state index contributed by atoms with van der Waals surface area (Å²) in [5, 5.41) is 3.89. The highest BCUT2D eigenvalue weighted by Gasteiger charge is 2.23. The molecule has 0 saturated carbocycles. The van der Waals surface area contributed by atoms with Crippen molar-refractivity contribution in [2.75, 3.05) is 33.2 Å². The van der Waals surface area contributed by atoms with Crippen molar-refractivity contribution in [3.05, 3.63) is 47.8 Å². The number of fused-ring (bicyclic) bond motifs is 2. The topological polar surface area (TPSA) is 85.8 Å². The maximum absolute atomic E-state index is 12.9. The number of nitrogens with zero attached hydrogens (tertiary/aromatic N) is 3. The summed E-state index contributed by atoms with van der Waals surface area (Å²) in [7, 11) is 4.62. The molecule has 2 aromatic heterocycles. The Hall–Kier alpha value is -3.55. The molecular weight excluding hydrogens is 372 g/mol. The zero-order chi connectivity index (χ0) is 20.4. The normalized spacial score (nSPS) is 13.0.